The van der Waals surface area contributed by atoms with Gasteiger partial charge < -0.3 is 0 Å². The van der Waals surface area contributed by atoms with E-state index in [1.54, 1.807) is 4.90 Å². The number of fused-ring (bicyclic) bond motifs is 1. The third kappa shape index (κ3) is 3.38. The van der Waals surface area contributed by atoms with Crippen molar-refractivity contribution >= 4 is 28.7 Å². The molecule has 1 aliphatic rings. The highest BCUT2D eigenvalue weighted by atomic mass is 16.2. The molecule has 0 radical (unpaired) electrons. The summed E-state index contributed by atoms with van der Waals surface area (Å²) in [6, 6.07) is 6.04. The highest BCUT2D eigenvalue weighted by molar-refractivity contribution is 6.08. The van der Waals surface area contributed by atoms with Crippen molar-refractivity contribution in [1.29, 1.82) is 0 Å². The van der Waals surface area contributed by atoms with Crippen LogP contribution in [-0.2, 0) is 11.8 Å². The monoisotopic (exact) mass is 342 g/mol. The second-order valence-electron chi connectivity index (χ2n) is 6.75. The number of benzene rings is 1. The molecule has 1 aliphatic heterocycles. The van der Waals surface area contributed by atoms with Gasteiger partial charge in [-0.15, -0.1) is 0 Å². The lowest BCUT2D eigenvalue weighted by Gasteiger charge is -2.24. The van der Waals surface area contributed by atoms with Crippen LogP contribution in [0.4, 0.5) is 10.6 Å². The number of hydrogen-bond donors (Lipinski definition) is 1. The van der Waals surface area contributed by atoms with Gasteiger partial charge in [0.05, 0.1) is 5.52 Å². The zero-order valence-corrected chi connectivity index (χ0v) is 15.2. The van der Waals surface area contributed by atoms with E-state index in [-0.39, 0.29) is 5.91 Å². The van der Waals surface area contributed by atoms with Crippen LogP contribution in [0.5, 0.6) is 0 Å². The van der Waals surface area contributed by atoms with Crippen LogP contribution in [0.2, 0.25) is 0 Å². The number of hydrogen-bond acceptors (Lipinski definition) is 3. The van der Waals surface area contributed by atoms with Crippen LogP contribution in [0, 0.1) is 0 Å². The molecule has 2 aromatic rings. The van der Waals surface area contributed by atoms with E-state index < -0.39 is 6.03 Å². The van der Waals surface area contributed by atoms with Gasteiger partial charge in [0.25, 0.3) is 0 Å². The molecule has 0 atom stereocenters. The van der Waals surface area contributed by atoms with Crippen molar-refractivity contribution in [3.63, 3.8) is 0 Å². The van der Waals surface area contributed by atoms with Crippen molar-refractivity contribution in [1.82, 2.24) is 15.1 Å². The molecule has 1 aromatic heterocycles. The van der Waals surface area contributed by atoms with Crippen molar-refractivity contribution in [2.45, 2.75) is 51.9 Å². The second-order valence-corrected chi connectivity index (χ2v) is 6.75. The third-order valence-electron chi connectivity index (χ3n) is 4.91. The Morgan fingerprint density at radius 1 is 1.20 bits per heavy atom. The van der Waals surface area contributed by atoms with Crippen LogP contribution in [0.25, 0.3) is 10.9 Å². The van der Waals surface area contributed by atoms with Crippen molar-refractivity contribution < 1.29 is 9.59 Å². The van der Waals surface area contributed by atoms with Crippen LogP contribution in [-0.4, -0.2) is 28.3 Å². The minimum Gasteiger partial charge on any atom is -0.278 e. The van der Waals surface area contributed by atoms with E-state index in [1.165, 1.54) is 31.2 Å². The summed E-state index contributed by atoms with van der Waals surface area (Å²) in [5.41, 5.74) is 2.36. The summed E-state index contributed by atoms with van der Waals surface area (Å²) in [4.78, 5) is 25.1. The molecular weight excluding hydrogens is 316 g/mol. The molecule has 3 amide bonds. The third-order valence-corrected chi connectivity index (χ3v) is 4.91. The number of rotatable bonds is 6. The van der Waals surface area contributed by atoms with Gasteiger partial charge >= 0.3 is 6.03 Å². The number of carbonyl (C=O) groups excluding carboxylic acids is 2. The Hall–Kier alpha value is -2.37. The molecule has 1 saturated heterocycles. The predicted octanol–water partition coefficient (Wildman–Crippen LogP) is 3.70. The highest BCUT2D eigenvalue weighted by Crippen LogP contribution is 2.32. The van der Waals surface area contributed by atoms with Gasteiger partial charge in [-0.1, -0.05) is 32.8 Å². The molecule has 1 aromatic carbocycles. The first-order valence-corrected chi connectivity index (χ1v) is 9.13. The lowest BCUT2D eigenvalue weighted by Crippen LogP contribution is -2.49. The number of urea groups is 1. The number of nitrogens with one attached hydrogen (secondary N) is 1. The fourth-order valence-electron chi connectivity index (χ4n) is 3.65. The van der Waals surface area contributed by atoms with E-state index in [9.17, 15) is 9.59 Å². The largest absolute Gasteiger partial charge is 0.329 e. The number of aryl methyl sites for hydroxylation is 1. The fourth-order valence-corrected chi connectivity index (χ4v) is 3.65. The SMILES string of the molecule is CCCC(CCC)c1ccc2c(N3CCC(=O)NC3=O)nn(C)c2c1. The summed E-state index contributed by atoms with van der Waals surface area (Å²) in [5.74, 6) is 0.955. The van der Waals surface area contributed by atoms with Gasteiger partial charge in [0.15, 0.2) is 5.82 Å². The smallest absolute Gasteiger partial charge is 0.278 e. The minimum absolute atomic E-state index is 0.231. The molecule has 0 bridgehead atoms. The molecule has 0 saturated carbocycles. The summed E-state index contributed by atoms with van der Waals surface area (Å²) in [6.45, 7) is 4.81. The maximum absolute atomic E-state index is 12.1. The molecule has 134 valence electrons. The first-order valence-electron chi connectivity index (χ1n) is 9.13. The zero-order chi connectivity index (χ0) is 18.0. The first-order chi connectivity index (χ1) is 12.0. The van der Waals surface area contributed by atoms with Gasteiger partial charge in [0, 0.05) is 25.4 Å². The molecule has 25 heavy (non-hydrogen) atoms. The number of carbonyl (C=O) groups is 2. The Morgan fingerprint density at radius 3 is 2.56 bits per heavy atom. The van der Waals surface area contributed by atoms with Crippen LogP contribution >= 0.6 is 0 Å². The summed E-state index contributed by atoms with van der Waals surface area (Å²) in [5, 5.41) is 7.86. The van der Waals surface area contributed by atoms with Crippen LogP contribution in [0.15, 0.2) is 18.2 Å². The molecule has 0 unspecified atom stereocenters. The Bertz CT molecular complexity index is 790. The van der Waals surface area contributed by atoms with Crippen molar-refractivity contribution in [3.8, 4) is 0 Å². The highest BCUT2D eigenvalue weighted by Gasteiger charge is 2.28. The van der Waals surface area contributed by atoms with Crippen LogP contribution < -0.4 is 10.2 Å². The number of nitrogens with zero attached hydrogens (tertiary/aromatic N) is 3. The fraction of sp³-hybridized carbons (Fsp3) is 0.526. The summed E-state index contributed by atoms with van der Waals surface area (Å²) < 4.78 is 1.83. The number of anilines is 1. The van der Waals surface area contributed by atoms with E-state index in [0.717, 1.165) is 10.9 Å². The van der Waals surface area contributed by atoms with Crippen molar-refractivity contribution in [2.75, 3.05) is 11.4 Å². The van der Waals surface area contributed by atoms with Crippen LogP contribution in [0.3, 0.4) is 0 Å². The summed E-state index contributed by atoms with van der Waals surface area (Å²) in [7, 11) is 1.90. The van der Waals surface area contributed by atoms with E-state index in [0.29, 0.717) is 24.7 Å². The van der Waals surface area contributed by atoms with E-state index >= 15 is 0 Å². The zero-order valence-electron chi connectivity index (χ0n) is 15.2. The average Bonchev–Trinajstić information content (AvgIpc) is 2.91. The minimum atomic E-state index is -0.393. The lowest BCUT2D eigenvalue weighted by atomic mass is 9.90. The molecule has 2 heterocycles. The van der Waals surface area contributed by atoms with Gasteiger partial charge in [0.1, 0.15) is 0 Å². The number of amides is 3. The maximum Gasteiger partial charge on any atom is 0.329 e. The first kappa shape index (κ1) is 17.5. The molecule has 1 fully saturated rings. The Kier molecular flexibility index (Phi) is 5.06. The molecule has 0 aliphatic carbocycles. The quantitative estimate of drug-likeness (QED) is 0.870. The molecule has 6 nitrogen and oxygen atoms in total. The van der Waals surface area contributed by atoms with Gasteiger partial charge in [-0.05, 0) is 36.5 Å². The lowest BCUT2D eigenvalue weighted by molar-refractivity contribution is -0.120. The number of aromatic nitrogens is 2. The van der Waals surface area contributed by atoms with Gasteiger partial charge in [-0.3, -0.25) is 19.7 Å². The van der Waals surface area contributed by atoms with E-state index in [4.69, 9.17) is 0 Å². The second kappa shape index (κ2) is 7.25. The van der Waals surface area contributed by atoms with E-state index in [1.807, 2.05) is 11.7 Å². The van der Waals surface area contributed by atoms with Crippen molar-refractivity contribution in [3.05, 3.63) is 23.8 Å². The maximum atomic E-state index is 12.1. The molecule has 6 heteroatoms. The Labute approximate surface area is 148 Å². The van der Waals surface area contributed by atoms with Crippen LogP contribution in [0.1, 0.15) is 57.4 Å². The predicted molar refractivity (Wildman–Crippen MR) is 98.8 cm³/mol. The average molecular weight is 342 g/mol. The number of imide groups is 1. The Morgan fingerprint density at radius 2 is 1.92 bits per heavy atom. The summed E-state index contributed by atoms with van der Waals surface area (Å²) in [6.07, 6.45) is 5.00. The van der Waals surface area contributed by atoms with E-state index in [2.05, 4.69) is 42.5 Å². The van der Waals surface area contributed by atoms with Crippen molar-refractivity contribution in [2.24, 2.45) is 7.05 Å². The molecule has 1 N–H and O–H groups in total. The topological polar surface area (TPSA) is 67.2 Å². The van der Waals surface area contributed by atoms with Gasteiger partial charge in [0.2, 0.25) is 5.91 Å². The standard InChI is InChI=1S/C19H26N4O2/c1-4-6-13(7-5-2)14-8-9-15-16(12-14)22(3)21-18(15)23-11-10-17(24)20-19(23)25/h8-9,12-13H,4-7,10-11H2,1-3H3,(H,20,24,25). The molecule has 0 spiro atoms. The van der Waals surface area contributed by atoms with Gasteiger partial charge in [-0.25, -0.2) is 4.79 Å². The summed E-state index contributed by atoms with van der Waals surface area (Å²) >= 11 is 0. The Balaban J connectivity index is 1.98. The normalized spacial score (nSPS) is 15.3. The molecule has 3 rings (SSSR count). The molecular formula is C19H26N4O2. The van der Waals surface area contributed by atoms with Gasteiger partial charge in [-0.2, -0.15) is 5.10 Å².